The molecule has 0 rings (SSSR count). The average Bonchev–Trinajstić information content (AvgIpc) is 2.77. The van der Waals surface area contributed by atoms with Crippen LogP contribution in [0.15, 0.2) is 0 Å². The molecule has 0 radical (unpaired) electrons. The highest BCUT2D eigenvalue weighted by atomic mass is 16.4. The molecule has 0 aromatic rings. The first-order chi connectivity index (χ1) is 16.1. The second kappa shape index (κ2) is 19.2. The van der Waals surface area contributed by atoms with Gasteiger partial charge in [-0.05, 0) is 19.3 Å². The minimum Gasteiger partial charge on any atom is -0.480 e. The summed E-state index contributed by atoms with van der Waals surface area (Å²) in [4.78, 5) is 48.4. The average molecular weight is 486 g/mol. The van der Waals surface area contributed by atoms with Crippen molar-refractivity contribution in [1.82, 2.24) is 15.5 Å². The Labute approximate surface area is 205 Å². The summed E-state index contributed by atoms with van der Waals surface area (Å²) in [5, 5.41) is 22.8. The molecule has 0 aromatic heterocycles. The van der Waals surface area contributed by atoms with Crippen LogP contribution in [0.3, 0.4) is 0 Å². The molecule has 3 amide bonds. The van der Waals surface area contributed by atoms with Gasteiger partial charge in [-0.1, -0.05) is 78.1 Å². The van der Waals surface area contributed by atoms with Crippen molar-refractivity contribution in [1.29, 1.82) is 0 Å². The Kier molecular flexibility index (Phi) is 18.0. The molecule has 9 heteroatoms. The third kappa shape index (κ3) is 15.6. The molecule has 0 unspecified atom stereocenters. The molecule has 0 aliphatic carbocycles. The predicted octanol–water partition coefficient (Wildman–Crippen LogP) is 2.85. The zero-order chi connectivity index (χ0) is 25.9. The Bertz CT molecular complexity index is 611. The van der Waals surface area contributed by atoms with Crippen molar-refractivity contribution in [2.45, 2.75) is 110 Å². The third-order valence-electron chi connectivity index (χ3n) is 5.92. The van der Waals surface area contributed by atoms with Gasteiger partial charge in [0.1, 0.15) is 18.6 Å². The number of nitrogens with zero attached hydrogens (tertiary/aromatic N) is 1. The first-order valence-corrected chi connectivity index (χ1v) is 12.8. The molecule has 0 aromatic carbocycles. The van der Waals surface area contributed by atoms with Gasteiger partial charge in [0.15, 0.2) is 0 Å². The van der Waals surface area contributed by atoms with E-state index in [0.29, 0.717) is 6.42 Å². The molecule has 0 bridgehead atoms. The lowest BCUT2D eigenvalue weighted by Crippen LogP contribution is -2.54. The quantitative estimate of drug-likeness (QED) is 0.196. The van der Waals surface area contributed by atoms with Gasteiger partial charge in [0.2, 0.25) is 17.7 Å². The number of amides is 3. The fourth-order valence-corrected chi connectivity index (χ4v) is 3.67. The number of unbranched alkanes of at least 4 members (excludes halogenated alkanes) is 9. The lowest BCUT2D eigenvalue weighted by atomic mass is 10.0. The van der Waals surface area contributed by atoms with E-state index < -0.39 is 43.0 Å². The summed E-state index contributed by atoms with van der Waals surface area (Å²) >= 11 is 0. The fourth-order valence-electron chi connectivity index (χ4n) is 3.67. The number of carbonyl (C=O) groups is 4. The van der Waals surface area contributed by atoms with E-state index in [-0.39, 0.29) is 5.91 Å². The molecule has 0 saturated heterocycles. The number of aliphatic hydroxyl groups excluding tert-OH is 1. The summed E-state index contributed by atoms with van der Waals surface area (Å²) in [6.45, 7) is 4.81. The number of carboxylic acids is 1. The van der Waals surface area contributed by atoms with Crippen LogP contribution in [0.25, 0.3) is 0 Å². The van der Waals surface area contributed by atoms with Crippen LogP contribution in [0.2, 0.25) is 0 Å². The van der Waals surface area contributed by atoms with Crippen molar-refractivity contribution in [3.05, 3.63) is 0 Å². The molecule has 9 nitrogen and oxygen atoms in total. The summed E-state index contributed by atoms with van der Waals surface area (Å²) in [5.74, 6) is -1.96. The van der Waals surface area contributed by atoms with Crippen LogP contribution in [0.4, 0.5) is 0 Å². The van der Waals surface area contributed by atoms with Gasteiger partial charge in [-0.3, -0.25) is 19.2 Å². The second-order valence-corrected chi connectivity index (χ2v) is 9.51. The van der Waals surface area contributed by atoms with Gasteiger partial charge in [-0.25, -0.2) is 0 Å². The van der Waals surface area contributed by atoms with Gasteiger partial charge >= 0.3 is 5.97 Å². The van der Waals surface area contributed by atoms with E-state index in [2.05, 4.69) is 24.5 Å². The van der Waals surface area contributed by atoms with E-state index in [1.807, 2.05) is 0 Å². The smallest absolute Gasteiger partial charge is 0.322 e. The van der Waals surface area contributed by atoms with Gasteiger partial charge in [-0.2, -0.15) is 0 Å². The van der Waals surface area contributed by atoms with Gasteiger partial charge in [0.25, 0.3) is 0 Å². The largest absolute Gasteiger partial charge is 0.480 e. The molecule has 0 heterocycles. The number of likely N-dealkylation sites (N-methyl/N-ethyl adjacent to an activating group) is 1. The van der Waals surface area contributed by atoms with Crippen LogP contribution in [0.1, 0.15) is 97.8 Å². The molecule has 34 heavy (non-hydrogen) atoms. The highest BCUT2D eigenvalue weighted by Gasteiger charge is 2.28. The minimum absolute atomic E-state index is 0.237. The first kappa shape index (κ1) is 31.8. The van der Waals surface area contributed by atoms with E-state index in [1.54, 1.807) is 0 Å². The van der Waals surface area contributed by atoms with E-state index in [4.69, 9.17) is 5.11 Å². The highest BCUT2D eigenvalue weighted by Crippen LogP contribution is 2.14. The van der Waals surface area contributed by atoms with Crippen LogP contribution in [-0.2, 0) is 19.2 Å². The number of nitrogens with one attached hydrogen (secondary N) is 2. The maximum Gasteiger partial charge on any atom is 0.322 e. The van der Waals surface area contributed by atoms with Crippen LogP contribution < -0.4 is 10.6 Å². The van der Waals surface area contributed by atoms with E-state index >= 15 is 0 Å². The number of carbonyl (C=O) groups excluding carboxylic acids is 3. The molecule has 0 spiro atoms. The van der Waals surface area contributed by atoms with Crippen LogP contribution in [0.5, 0.6) is 0 Å². The zero-order valence-electron chi connectivity index (χ0n) is 21.6. The summed E-state index contributed by atoms with van der Waals surface area (Å²) in [6, 6.07) is -2.10. The number of aliphatic hydroxyl groups is 1. The van der Waals surface area contributed by atoms with Crippen molar-refractivity contribution in [3.63, 3.8) is 0 Å². The number of carboxylic acid groups (broad SMARTS) is 1. The molecule has 0 fully saturated rings. The van der Waals surface area contributed by atoms with Gasteiger partial charge in [0, 0.05) is 13.5 Å². The van der Waals surface area contributed by atoms with E-state index in [9.17, 15) is 24.3 Å². The fraction of sp³-hybridized carbons (Fsp3) is 0.840. The van der Waals surface area contributed by atoms with Crippen molar-refractivity contribution < 1.29 is 29.4 Å². The SMILES string of the molecule is CC(C)CCCCCCCCCCCCC(=O)N(C)[C@H](CO)C(=O)N[C@H](C)C(=O)NCC(=O)O. The summed E-state index contributed by atoms with van der Waals surface area (Å²) in [6.07, 6.45) is 13.3. The van der Waals surface area contributed by atoms with Crippen LogP contribution in [0, 0.1) is 5.92 Å². The van der Waals surface area contributed by atoms with E-state index in [0.717, 1.165) is 25.2 Å². The molecular formula is C25H47N3O6. The van der Waals surface area contributed by atoms with Crippen LogP contribution in [-0.4, -0.2) is 71.1 Å². The Hall–Kier alpha value is -2.16. The third-order valence-corrected chi connectivity index (χ3v) is 5.92. The Balaban J connectivity index is 4.05. The maximum atomic E-state index is 12.4. The Morgan fingerprint density at radius 1 is 0.794 bits per heavy atom. The predicted molar refractivity (Wildman–Crippen MR) is 132 cm³/mol. The van der Waals surface area contributed by atoms with Crippen molar-refractivity contribution in [3.8, 4) is 0 Å². The summed E-state index contributed by atoms with van der Waals surface area (Å²) in [5.41, 5.74) is 0. The van der Waals surface area contributed by atoms with Crippen LogP contribution >= 0.6 is 0 Å². The minimum atomic E-state index is -1.20. The molecular weight excluding hydrogens is 438 g/mol. The van der Waals surface area contributed by atoms with Gasteiger partial charge in [-0.15, -0.1) is 0 Å². The Morgan fingerprint density at radius 3 is 1.76 bits per heavy atom. The van der Waals surface area contributed by atoms with Crippen molar-refractivity contribution >= 4 is 23.7 Å². The van der Waals surface area contributed by atoms with Gasteiger partial charge < -0.3 is 25.7 Å². The number of aliphatic carboxylic acids is 1. The monoisotopic (exact) mass is 485 g/mol. The van der Waals surface area contributed by atoms with E-state index in [1.165, 1.54) is 70.2 Å². The molecule has 2 atom stereocenters. The standard InChI is InChI=1S/C25H47N3O6/c1-19(2)15-13-11-9-7-5-6-8-10-12-14-16-22(30)28(4)21(18-29)25(34)27-20(3)24(33)26-17-23(31)32/h19-21,29H,5-18H2,1-4H3,(H,26,33)(H,27,34)(H,31,32)/t20-,21-/m1/s1. The van der Waals surface area contributed by atoms with Crippen molar-refractivity contribution in [2.75, 3.05) is 20.2 Å². The molecule has 4 N–H and O–H groups in total. The van der Waals surface area contributed by atoms with Crippen molar-refractivity contribution in [2.24, 2.45) is 5.92 Å². The molecule has 0 aliphatic rings. The highest BCUT2D eigenvalue weighted by molar-refractivity contribution is 5.92. The second-order valence-electron chi connectivity index (χ2n) is 9.51. The normalized spacial score (nSPS) is 12.8. The summed E-state index contributed by atoms with van der Waals surface area (Å²) in [7, 11) is 1.46. The molecule has 198 valence electrons. The number of hydrogen-bond acceptors (Lipinski definition) is 5. The molecule has 0 aliphatic heterocycles. The maximum absolute atomic E-state index is 12.4. The number of hydrogen-bond donors (Lipinski definition) is 4. The van der Waals surface area contributed by atoms with Gasteiger partial charge in [0.05, 0.1) is 6.61 Å². The lowest BCUT2D eigenvalue weighted by molar-refractivity contribution is -0.142. The number of rotatable bonds is 20. The Morgan fingerprint density at radius 2 is 1.29 bits per heavy atom. The first-order valence-electron chi connectivity index (χ1n) is 12.8. The molecule has 0 saturated carbocycles. The lowest BCUT2D eigenvalue weighted by Gasteiger charge is -2.27. The zero-order valence-corrected chi connectivity index (χ0v) is 21.6. The topological polar surface area (TPSA) is 136 Å². The summed E-state index contributed by atoms with van der Waals surface area (Å²) < 4.78 is 0.